The molecule has 0 atom stereocenters. The van der Waals surface area contributed by atoms with E-state index in [4.69, 9.17) is 21.1 Å². The Bertz CT molecular complexity index is 1320. The number of hydrogen-bond donors (Lipinski definition) is 1. The summed E-state index contributed by atoms with van der Waals surface area (Å²) in [7, 11) is 1.51. The number of methoxy groups -OCH3 is 1. The number of alkyl halides is 3. The van der Waals surface area contributed by atoms with E-state index in [0.717, 1.165) is 17.1 Å². The second-order valence-electron chi connectivity index (χ2n) is 6.63. The Balaban J connectivity index is 1.53. The Morgan fingerprint density at radius 2 is 2.03 bits per heavy atom. The van der Waals surface area contributed by atoms with Gasteiger partial charge in [0.25, 0.3) is 0 Å². The molecule has 0 amide bonds. The monoisotopic (exact) mass is 498 g/mol. The summed E-state index contributed by atoms with van der Waals surface area (Å²) in [6.07, 6.45) is -3.38. The van der Waals surface area contributed by atoms with E-state index in [-0.39, 0.29) is 24.1 Å². The number of pyridine rings is 1. The number of H-pyrrole nitrogens is 1. The van der Waals surface area contributed by atoms with E-state index in [2.05, 4.69) is 24.6 Å². The number of ether oxygens (including phenoxy) is 2. The first-order valence-corrected chi connectivity index (χ1v) is 10.4. The van der Waals surface area contributed by atoms with Crippen molar-refractivity contribution in [2.75, 3.05) is 7.11 Å². The highest BCUT2D eigenvalue weighted by molar-refractivity contribution is 7.15. The summed E-state index contributed by atoms with van der Waals surface area (Å²) in [6, 6.07) is 7.05. The minimum atomic E-state index is -4.51. The van der Waals surface area contributed by atoms with Gasteiger partial charge in [-0.25, -0.2) is 9.78 Å². The Kier molecular flexibility index (Phi) is 6.49. The number of rotatable bonds is 7. The van der Waals surface area contributed by atoms with Crippen molar-refractivity contribution in [2.45, 2.75) is 19.4 Å². The van der Waals surface area contributed by atoms with Crippen molar-refractivity contribution >= 4 is 22.9 Å². The molecule has 0 saturated heterocycles. The van der Waals surface area contributed by atoms with Gasteiger partial charge in [-0.15, -0.1) is 11.3 Å². The van der Waals surface area contributed by atoms with Gasteiger partial charge in [0, 0.05) is 24.4 Å². The van der Waals surface area contributed by atoms with Gasteiger partial charge in [-0.3, -0.25) is 14.5 Å². The van der Waals surface area contributed by atoms with Gasteiger partial charge in [0.05, 0.1) is 22.2 Å². The number of nitrogens with zero attached hydrogens (tertiary/aromatic N) is 3. The lowest BCUT2D eigenvalue weighted by Crippen LogP contribution is -2.07. The highest BCUT2D eigenvalue weighted by atomic mass is 35.5. The molecule has 0 aliphatic carbocycles. The number of thiazole rings is 1. The Morgan fingerprint density at radius 3 is 2.64 bits per heavy atom. The maximum absolute atomic E-state index is 12.8. The van der Waals surface area contributed by atoms with Crippen LogP contribution in [0.4, 0.5) is 13.2 Å². The van der Waals surface area contributed by atoms with Crippen LogP contribution in [0.25, 0.3) is 22.0 Å². The standard InChI is InChI=1S/C20H14ClF3N4O4S/c1-30-8-14-15(33-18(26-14)10-2-5-16(25-7-10)20(22,23)24)9-31-11-3-4-12(13(21)6-11)17-27-19(29)32-28-17/h2-7H,8-9H2,1H3,(H,27,28,29). The first kappa shape index (κ1) is 23.0. The van der Waals surface area contributed by atoms with Crippen molar-refractivity contribution in [2.24, 2.45) is 0 Å². The SMILES string of the molecule is COCc1nc(-c2ccc(C(F)(F)F)nc2)sc1COc1ccc(-c2noc(=O)[nH]2)c(Cl)c1. The predicted molar refractivity (Wildman–Crippen MR) is 113 cm³/mol. The first-order chi connectivity index (χ1) is 15.7. The molecule has 0 bridgehead atoms. The van der Waals surface area contributed by atoms with E-state index in [1.807, 2.05) is 0 Å². The number of hydrogen-bond acceptors (Lipinski definition) is 8. The summed E-state index contributed by atoms with van der Waals surface area (Å²) in [4.78, 5) is 22.2. The molecular weight excluding hydrogens is 485 g/mol. The summed E-state index contributed by atoms with van der Waals surface area (Å²) >= 11 is 7.52. The van der Waals surface area contributed by atoms with Crippen molar-refractivity contribution < 1.29 is 27.2 Å². The van der Waals surface area contributed by atoms with E-state index < -0.39 is 17.6 Å². The van der Waals surface area contributed by atoms with Crippen LogP contribution in [0.15, 0.2) is 45.8 Å². The zero-order valence-electron chi connectivity index (χ0n) is 16.8. The molecule has 0 unspecified atom stereocenters. The summed E-state index contributed by atoms with van der Waals surface area (Å²) in [5.41, 5.74) is 0.536. The topological polar surface area (TPSA) is 103 Å². The normalized spacial score (nSPS) is 11.7. The van der Waals surface area contributed by atoms with Gasteiger partial charge < -0.3 is 9.47 Å². The van der Waals surface area contributed by atoms with Crippen molar-refractivity contribution in [3.8, 4) is 27.7 Å². The van der Waals surface area contributed by atoms with E-state index >= 15 is 0 Å². The maximum Gasteiger partial charge on any atom is 0.439 e. The van der Waals surface area contributed by atoms with Gasteiger partial charge in [0.15, 0.2) is 5.82 Å². The van der Waals surface area contributed by atoms with Crippen LogP contribution in [0.1, 0.15) is 16.3 Å². The largest absolute Gasteiger partial charge is 0.488 e. The summed E-state index contributed by atoms with van der Waals surface area (Å²) in [5.74, 6) is -0.0587. The van der Waals surface area contributed by atoms with E-state index in [0.29, 0.717) is 27.6 Å². The molecule has 0 spiro atoms. The van der Waals surface area contributed by atoms with Crippen molar-refractivity contribution in [1.29, 1.82) is 0 Å². The fourth-order valence-electron chi connectivity index (χ4n) is 2.83. The molecule has 3 heterocycles. The minimum Gasteiger partial charge on any atom is -0.488 e. The second kappa shape index (κ2) is 9.33. The molecule has 33 heavy (non-hydrogen) atoms. The molecule has 0 fully saturated rings. The zero-order chi connectivity index (χ0) is 23.6. The Labute approximate surface area is 193 Å². The van der Waals surface area contributed by atoms with Crippen LogP contribution in [-0.4, -0.2) is 27.2 Å². The summed E-state index contributed by atoms with van der Waals surface area (Å²) in [5, 5.41) is 4.37. The smallest absolute Gasteiger partial charge is 0.439 e. The average Bonchev–Trinajstić information content (AvgIpc) is 3.38. The number of halogens is 4. The predicted octanol–water partition coefficient (Wildman–Crippen LogP) is 4.95. The lowest BCUT2D eigenvalue weighted by Gasteiger charge is -2.08. The van der Waals surface area contributed by atoms with Crippen molar-refractivity contribution in [1.82, 2.24) is 20.1 Å². The molecule has 0 radical (unpaired) electrons. The van der Waals surface area contributed by atoms with Gasteiger partial charge in [-0.05, 0) is 30.3 Å². The third-order valence-corrected chi connectivity index (χ3v) is 5.80. The molecule has 0 aliphatic rings. The fraction of sp³-hybridized carbons (Fsp3) is 0.200. The molecule has 13 heteroatoms. The van der Waals surface area contributed by atoms with Crippen LogP contribution in [0.3, 0.4) is 0 Å². The highest BCUT2D eigenvalue weighted by Gasteiger charge is 2.32. The van der Waals surface area contributed by atoms with E-state index in [9.17, 15) is 18.0 Å². The Hall–Kier alpha value is -3.22. The van der Waals surface area contributed by atoms with E-state index in [1.54, 1.807) is 18.2 Å². The lowest BCUT2D eigenvalue weighted by atomic mass is 10.2. The summed E-state index contributed by atoms with van der Waals surface area (Å²) in [6.45, 7) is 0.323. The number of nitrogens with one attached hydrogen (secondary N) is 1. The maximum atomic E-state index is 12.8. The molecule has 1 aromatic carbocycles. The van der Waals surface area contributed by atoms with E-state index in [1.165, 1.54) is 24.5 Å². The number of aromatic amines is 1. The molecule has 3 aromatic heterocycles. The van der Waals surface area contributed by atoms with Gasteiger partial charge >= 0.3 is 11.9 Å². The average molecular weight is 499 g/mol. The van der Waals surface area contributed by atoms with Gasteiger partial charge in [0.1, 0.15) is 23.1 Å². The first-order valence-electron chi connectivity index (χ1n) is 9.24. The van der Waals surface area contributed by atoms with Crippen LogP contribution < -0.4 is 10.5 Å². The quantitative estimate of drug-likeness (QED) is 0.384. The summed E-state index contributed by atoms with van der Waals surface area (Å²) < 4.78 is 53.8. The fourth-order valence-corrected chi connectivity index (χ4v) is 4.06. The number of aromatic nitrogens is 4. The van der Waals surface area contributed by atoms with Crippen LogP contribution in [0.5, 0.6) is 5.75 Å². The Morgan fingerprint density at radius 1 is 1.21 bits per heavy atom. The minimum absolute atomic E-state index is 0.126. The highest BCUT2D eigenvalue weighted by Crippen LogP contribution is 2.33. The van der Waals surface area contributed by atoms with Crippen LogP contribution in [0.2, 0.25) is 5.02 Å². The van der Waals surface area contributed by atoms with Gasteiger partial charge in [0.2, 0.25) is 0 Å². The van der Waals surface area contributed by atoms with Crippen LogP contribution in [0, 0.1) is 0 Å². The molecule has 0 aliphatic heterocycles. The second-order valence-corrected chi connectivity index (χ2v) is 8.12. The van der Waals surface area contributed by atoms with Crippen molar-refractivity contribution in [3.05, 3.63) is 68.4 Å². The van der Waals surface area contributed by atoms with Crippen molar-refractivity contribution in [3.63, 3.8) is 0 Å². The molecular formula is C20H14ClF3N4O4S. The molecule has 8 nitrogen and oxygen atoms in total. The molecule has 4 rings (SSSR count). The van der Waals surface area contributed by atoms with Gasteiger partial charge in [-0.2, -0.15) is 13.2 Å². The molecule has 1 N–H and O–H groups in total. The van der Waals surface area contributed by atoms with Gasteiger partial charge in [-0.1, -0.05) is 16.8 Å². The number of benzene rings is 1. The molecule has 172 valence electrons. The molecule has 0 saturated carbocycles. The van der Waals surface area contributed by atoms with Crippen LogP contribution >= 0.6 is 22.9 Å². The van der Waals surface area contributed by atoms with Crippen LogP contribution in [-0.2, 0) is 24.1 Å². The zero-order valence-corrected chi connectivity index (χ0v) is 18.3. The molecule has 4 aromatic rings. The lowest BCUT2D eigenvalue weighted by molar-refractivity contribution is -0.141. The third kappa shape index (κ3) is 5.24. The third-order valence-electron chi connectivity index (χ3n) is 4.37.